The maximum absolute atomic E-state index is 3.34. The van der Waals surface area contributed by atoms with Crippen LogP contribution in [0.5, 0.6) is 0 Å². The van der Waals surface area contributed by atoms with Crippen molar-refractivity contribution in [3.05, 3.63) is 11.6 Å². The normalized spacial score (nSPS) is 31.8. The van der Waals surface area contributed by atoms with Gasteiger partial charge in [-0.15, -0.1) is 0 Å². The van der Waals surface area contributed by atoms with Crippen LogP contribution in [0.2, 0.25) is 0 Å². The van der Waals surface area contributed by atoms with Gasteiger partial charge < -0.3 is 5.32 Å². The average Bonchev–Trinajstić information content (AvgIpc) is 2.18. The zero-order chi connectivity index (χ0) is 6.69. The molecular formula is C8H15N. The Balaban J connectivity index is 2.48. The van der Waals surface area contributed by atoms with Crippen molar-refractivity contribution >= 4 is 0 Å². The second-order valence-corrected chi connectivity index (χ2v) is 2.72. The molecule has 0 aromatic rings. The van der Waals surface area contributed by atoms with Gasteiger partial charge in [0.05, 0.1) is 0 Å². The number of hydrogen-bond acceptors (Lipinski definition) is 1. The van der Waals surface area contributed by atoms with Crippen LogP contribution in [0.3, 0.4) is 0 Å². The van der Waals surface area contributed by atoms with Crippen molar-refractivity contribution in [1.29, 1.82) is 0 Å². The molecule has 9 heavy (non-hydrogen) atoms. The van der Waals surface area contributed by atoms with Gasteiger partial charge in [0, 0.05) is 13.1 Å². The van der Waals surface area contributed by atoms with Gasteiger partial charge in [-0.25, -0.2) is 0 Å². The van der Waals surface area contributed by atoms with Crippen LogP contribution in [0.1, 0.15) is 20.3 Å². The Kier molecular flexibility index (Phi) is 2.29. The molecule has 0 spiro atoms. The highest BCUT2D eigenvalue weighted by Gasteiger charge is 2.13. The first-order valence-corrected chi connectivity index (χ1v) is 3.74. The lowest BCUT2D eigenvalue weighted by Gasteiger charge is -1.99. The number of hydrogen-bond donors (Lipinski definition) is 1. The van der Waals surface area contributed by atoms with Crippen molar-refractivity contribution in [1.82, 2.24) is 5.32 Å². The maximum Gasteiger partial charge on any atom is 0.0168 e. The van der Waals surface area contributed by atoms with Gasteiger partial charge in [-0.3, -0.25) is 0 Å². The van der Waals surface area contributed by atoms with Gasteiger partial charge in [0.1, 0.15) is 0 Å². The van der Waals surface area contributed by atoms with Crippen molar-refractivity contribution in [2.45, 2.75) is 20.3 Å². The predicted octanol–water partition coefficient (Wildman–Crippen LogP) is 1.56. The number of rotatable bonds is 1. The Morgan fingerprint density at radius 2 is 2.56 bits per heavy atom. The highest BCUT2D eigenvalue weighted by atomic mass is 14.9. The summed E-state index contributed by atoms with van der Waals surface area (Å²) in [4.78, 5) is 0. The van der Waals surface area contributed by atoms with Crippen LogP contribution in [0.4, 0.5) is 0 Å². The molecular weight excluding hydrogens is 110 g/mol. The SMILES string of the molecule is CC/C=C1\CNCC1C. The van der Waals surface area contributed by atoms with Crippen molar-refractivity contribution in [2.24, 2.45) is 5.92 Å². The summed E-state index contributed by atoms with van der Waals surface area (Å²) >= 11 is 0. The third-order valence-electron chi connectivity index (χ3n) is 1.88. The molecule has 1 rings (SSSR count). The van der Waals surface area contributed by atoms with Crippen LogP contribution in [-0.4, -0.2) is 13.1 Å². The molecule has 1 fully saturated rings. The lowest BCUT2D eigenvalue weighted by atomic mass is 10.0. The topological polar surface area (TPSA) is 12.0 Å². The number of nitrogens with one attached hydrogen (secondary N) is 1. The van der Waals surface area contributed by atoms with Gasteiger partial charge >= 0.3 is 0 Å². The molecule has 1 heteroatoms. The van der Waals surface area contributed by atoms with Gasteiger partial charge in [0.25, 0.3) is 0 Å². The van der Waals surface area contributed by atoms with Crippen LogP contribution >= 0.6 is 0 Å². The van der Waals surface area contributed by atoms with Gasteiger partial charge in [0.2, 0.25) is 0 Å². The van der Waals surface area contributed by atoms with E-state index in [-0.39, 0.29) is 0 Å². The molecule has 52 valence electrons. The molecule has 0 aromatic heterocycles. The van der Waals surface area contributed by atoms with E-state index in [2.05, 4.69) is 25.2 Å². The van der Waals surface area contributed by atoms with Crippen molar-refractivity contribution in [3.63, 3.8) is 0 Å². The number of allylic oxidation sites excluding steroid dienone is 1. The zero-order valence-corrected chi connectivity index (χ0v) is 6.28. The molecule has 0 amide bonds. The minimum atomic E-state index is 0.782. The fourth-order valence-corrected chi connectivity index (χ4v) is 1.27. The fourth-order valence-electron chi connectivity index (χ4n) is 1.27. The van der Waals surface area contributed by atoms with Crippen LogP contribution in [0, 0.1) is 5.92 Å². The average molecular weight is 125 g/mol. The fraction of sp³-hybridized carbons (Fsp3) is 0.750. The van der Waals surface area contributed by atoms with Crippen LogP contribution in [-0.2, 0) is 0 Å². The Labute approximate surface area is 57.1 Å². The van der Waals surface area contributed by atoms with Crippen molar-refractivity contribution in [3.8, 4) is 0 Å². The lowest BCUT2D eigenvalue weighted by Crippen LogP contribution is -2.06. The van der Waals surface area contributed by atoms with E-state index in [0.29, 0.717) is 0 Å². The summed E-state index contributed by atoms with van der Waals surface area (Å²) < 4.78 is 0. The molecule has 1 saturated heterocycles. The van der Waals surface area contributed by atoms with E-state index in [9.17, 15) is 0 Å². The predicted molar refractivity (Wildman–Crippen MR) is 40.4 cm³/mol. The smallest absolute Gasteiger partial charge is 0.0168 e. The molecule has 1 heterocycles. The molecule has 1 atom stereocenters. The summed E-state index contributed by atoms with van der Waals surface area (Å²) in [6.45, 7) is 6.76. The highest BCUT2D eigenvalue weighted by Crippen LogP contribution is 2.14. The van der Waals surface area contributed by atoms with Crippen molar-refractivity contribution in [2.75, 3.05) is 13.1 Å². The molecule has 0 aliphatic carbocycles. The molecule has 1 aliphatic heterocycles. The summed E-state index contributed by atoms with van der Waals surface area (Å²) in [5, 5.41) is 3.34. The first-order valence-electron chi connectivity index (χ1n) is 3.74. The second kappa shape index (κ2) is 3.02. The van der Waals surface area contributed by atoms with Gasteiger partial charge in [-0.1, -0.05) is 25.5 Å². The third-order valence-corrected chi connectivity index (χ3v) is 1.88. The summed E-state index contributed by atoms with van der Waals surface area (Å²) in [6, 6.07) is 0. The maximum atomic E-state index is 3.34. The molecule has 0 radical (unpaired) electrons. The first kappa shape index (κ1) is 6.81. The summed E-state index contributed by atoms with van der Waals surface area (Å²) in [6.07, 6.45) is 3.52. The van der Waals surface area contributed by atoms with E-state index in [1.54, 1.807) is 5.57 Å². The molecule has 0 bridgehead atoms. The van der Waals surface area contributed by atoms with E-state index < -0.39 is 0 Å². The van der Waals surface area contributed by atoms with Crippen LogP contribution in [0.15, 0.2) is 11.6 Å². The third kappa shape index (κ3) is 1.55. The monoisotopic (exact) mass is 125 g/mol. The first-order chi connectivity index (χ1) is 4.34. The molecule has 1 nitrogen and oxygen atoms in total. The molecule has 1 aliphatic rings. The van der Waals surface area contributed by atoms with Gasteiger partial charge in [-0.2, -0.15) is 0 Å². The van der Waals surface area contributed by atoms with Crippen molar-refractivity contribution < 1.29 is 0 Å². The Bertz CT molecular complexity index is 116. The minimum absolute atomic E-state index is 0.782. The molecule has 0 saturated carbocycles. The lowest BCUT2D eigenvalue weighted by molar-refractivity contribution is 0.718. The van der Waals surface area contributed by atoms with E-state index >= 15 is 0 Å². The Hall–Kier alpha value is -0.300. The Morgan fingerprint density at radius 1 is 1.78 bits per heavy atom. The van der Waals surface area contributed by atoms with E-state index in [4.69, 9.17) is 0 Å². The van der Waals surface area contributed by atoms with E-state index in [1.807, 2.05) is 0 Å². The largest absolute Gasteiger partial charge is 0.312 e. The quantitative estimate of drug-likeness (QED) is 0.524. The molecule has 1 unspecified atom stereocenters. The summed E-state index contributed by atoms with van der Waals surface area (Å²) in [5.41, 5.74) is 1.59. The second-order valence-electron chi connectivity index (χ2n) is 2.72. The highest BCUT2D eigenvalue weighted by molar-refractivity contribution is 5.12. The Morgan fingerprint density at radius 3 is 3.00 bits per heavy atom. The summed E-state index contributed by atoms with van der Waals surface area (Å²) in [5.74, 6) is 0.782. The van der Waals surface area contributed by atoms with Crippen LogP contribution in [0.25, 0.3) is 0 Å². The van der Waals surface area contributed by atoms with Gasteiger partial charge in [-0.05, 0) is 12.3 Å². The molecule has 0 aromatic carbocycles. The summed E-state index contributed by atoms with van der Waals surface area (Å²) in [7, 11) is 0. The zero-order valence-electron chi connectivity index (χ0n) is 6.28. The molecule has 1 N–H and O–H groups in total. The van der Waals surface area contributed by atoms with Crippen LogP contribution < -0.4 is 5.32 Å². The minimum Gasteiger partial charge on any atom is -0.312 e. The van der Waals surface area contributed by atoms with Gasteiger partial charge in [0.15, 0.2) is 0 Å². The van der Waals surface area contributed by atoms with E-state index in [0.717, 1.165) is 12.5 Å². The van der Waals surface area contributed by atoms with E-state index in [1.165, 1.54) is 13.0 Å². The standard InChI is InChI=1S/C8H15N/c1-3-4-8-6-9-5-7(8)2/h4,7,9H,3,5-6H2,1-2H3/b8-4+.